The maximum Gasteiger partial charge on any atom is 0.333 e. The Hall–Kier alpha value is -0.980. The van der Waals surface area contributed by atoms with E-state index in [1.54, 1.807) is 0 Å². The van der Waals surface area contributed by atoms with E-state index >= 15 is 0 Å². The van der Waals surface area contributed by atoms with Crippen molar-refractivity contribution in [2.45, 2.75) is 6.54 Å². The molecule has 0 bridgehead atoms. The molecule has 72 valence electrons. The summed E-state index contributed by atoms with van der Waals surface area (Å²) in [6.07, 6.45) is 0. The Bertz CT molecular complexity index is 373. The van der Waals surface area contributed by atoms with Crippen molar-refractivity contribution in [2.75, 3.05) is 0 Å². The summed E-state index contributed by atoms with van der Waals surface area (Å²) < 4.78 is 43.0. The Labute approximate surface area is 75.3 Å². The molecule has 0 amide bonds. The average Bonchev–Trinajstić information content (AvgIpc) is 2.02. The van der Waals surface area contributed by atoms with Crippen LogP contribution in [0.2, 0.25) is 0 Å². The Kier molecular flexibility index (Phi) is 2.97. The van der Waals surface area contributed by atoms with Gasteiger partial charge in [-0.2, -0.15) is 13.1 Å². The summed E-state index contributed by atoms with van der Waals surface area (Å²) in [5.41, 5.74) is 0.569. The van der Waals surface area contributed by atoms with E-state index in [-0.39, 0.29) is 6.54 Å². The molecule has 0 atom stereocenters. The topological polar surface area (TPSA) is 66.4 Å². The Morgan fingerprint density at radius 2 is 1.85 bits per heavy atom. The fourth-order valence-electron chi connectivity index (χ4n) is 0.777. The molecule has 13 heavy (non-hydrogen) atoms. The van der Waals surface area contributed by atoms with Gasteiger partial charge in [-0.25, -0.2) is 4.39 Å². The summed E-state index contributed by atoms with van der Waals surface area (Å²) in [6.45, 7) is -0.0564. The van der Waals surface area contributed by atoms with Crippen LogP contribution >= 0.6 is 0 Å². The van der Waals surface area contributed by atoms with Crippen LogP contribution in [-0.2, 0) is 16.8 Å². The van der Waals surface area contributed by atoms with Crippen LogP contribution in [-0.4, -0.2) is 13.0 Å². The minimum absolute atomic E-state index is 0.0564. The second-order valence-corrected chi connectivity index (χ2v) is 3.66. The molecule has 4 nitrogen and oxygen atoms in total. The molecular formula is C7H8FNO3S. The van der Waals surface area contributed by atoms with Crippen molar-refractivity contribution in [1.82, 2.24) is 4.72 Å². The zero-order valence-electron chi connectivity index (χ0n) is 6.57. The van der Waals surface area contributed by atoms with Crippen LogP contribution in [0.25, 0.3) is 0 Å². The Balaban J connectivity index is 2.61. The van der Waals surface area contributed by atoms with Crippen molar-refractivity contribution in [3.63, 3.8) is 0 Å². The first-order valence-electron chi connectivity index (χ1n) is 3.44. The van der Waals surface area contributed by atoms with Gasteiger partial charge in [0.05, 0.1) is 0 Å². The summed E-state index contributed by atoms with van der Waals surface area (Å²) in [5, 5.41) is 0. The molecule has 0 aliphatic heterocycles. The molecule has 1 aromatic rings. The largest absolute Gasteiger partial charge is 0.333 e. The van der Waals surface area contributed by atoms with E-state index in [0.717, 1.165) is 0 Å². The first-order valence-corrected chi connectivity index (χ1v) is 4.88. The van der Waals surface area contributed by atoms with E-state index in [1.165, 1.54) is 24.3 Å². The summed E-state index contributed by atoms with van der Waals surface area (Å²) >= 11 is 0. The third kappa shape index (κ3) is 3.97. The number of halogens is 1. The lowest BCUT2D eigenvalue weighted by Crippen LogP contribution is -2.21. The molecule has 6 heteroatoms. The fourth-order valence-corrected chi connectivity index (χ4v) is 1.13. The molecule has 0 aliphatic carbocycles. The number of nitrogens with one attached hydrogen (secondary N) is 1. The lowest BCUT2D eigenvalue weighted by Gasteiger charge is -2.00. The smallest absolute Gasteiger partial charge is 0.273 e. The van der Waals surface area contributed by atoms with Gasteiger partial charge < -0.3 is 0 Å². The number of hydrogen-bond acceptors (Lipinski definition) is 2. The first-order chi connectivity index (χ1) is 5.97. The third-order valence-corrected chi connectivity index (χ3v) is 1.88. The maximum atomic E-state index is 12.4. The van der Waals surface area contributed by atoms with Crippen molar-refractivity contribution in [3.05, 3.63) is 35.6 Å². The highest BCUT2D eigenvalue weighted by molar-refractivity contribution is 7.83. The van der Waals surface area contributed by atoms with Gasteiger partial charge in [-0.15, -0.1) is 0 Å². The second-order valence-electron chi connectivity index (χ2n) is 2.42. The van der Waals surface area contributed by atoms with Gasteiger partial charge in [0, 0.05) is 6.54 Å². The average molecular weight is 205 g/mol. The van der Waals surface area contributed by atoms with Crippen LogP contribution in [0, 0.1) is 5.82 Å². The minimum atomic E-state index is -4.18. The fraction of sp³-hybridized carbons (Fsp3) is 0.143. The van der Waals surface area contributed by atoms with Gasteiger partial charge >= 0.3 is 10.3 Å². The Morgan fingerprint density at radius 3 is 2.31 bits per heavy atom. The predicted octanol–water partition coefficient (Wildman–Crippen LogP) is 0.718. The molecule has 0 saturated heterocycles. The lowest BCUT2D eigenvalue weighted by molar-refractivity contribution is 0.467. The number of rotatable bonds is 3. The highest BCUT2D eigenvalue weighted by atomic mass is 32.2. The van der Waals surface area contributed by atoms with Gasteiger partial charge in [0.1, 0.15) is 5.82 Å². The highest BCUT2D eigenvalue weighted by Gasteiger charge is 2.02. The first kappa shape index (κ1) is 10.1. The van der Waals surface area contributed by atoms with Crippen LogP contribution in [0.1, 0.15) is 5.56 Å². The summed E-state index contributed by atoms with van der Waals surface area (Å²) in [4.78, 5) is 0. The number of hydrogen-bond donors (Lipinski definition) is 2. The molecule has 0 unspecified atom stereocenters. The zero-order chi connectivity index (χ0) is 9.90. The van der Waals surface area contributed by atoms with Crippen LogP contribution in [0.3, 0.4) is 0 Å². The van der Waals surface area contributed by atoms with Crippen molar-refractivity contribution < 1.29 is 17.4 Å². The monoisotopic (exact) mass is 205 g/mol. The minimum Gasteiger partial charge on any atom is -0.273 e. The molecule has 0 heterocycles. The molecular weight excluding hydrogens is 197 g/mol. The predicted molar refractivity (Wildman–Crippen MR) is 44.8 cm³/mol. The van der Waals surface area contributed by atoms with Gasteiger partial charge in [-0.05, 0) is 17.7 Å². The second kappa shape index (κ2) is 3.82. The molecule has 0 spiro atoms. The quantitative estimate of drug-likeness (QED) is 0.714. The van der Waals surface area contributed by atoms with Gasteiger partial charge in [0.25, 0.3) is 0 Å². The van der Waals surface area contributed by atoms with Crippen molar-refractivity contribution >= 4 is 10.3 Å². The van der Waals surface area contributed by atoms with Gasteiger partial charge in [-0.1, -0.05) is 12.1 Å². The van der Waals surface area contributed by atoms with E-state index < -0.39 is 16.1 Å². The number of benzene rings is 1. The third-order valence-electron chi connectivity index (χ3n) is 1.37. The van der Waals surface area contributed by atoms with Crippen LogP contribution in [0.15, 0.2) is 24.3 Å². The van der Waals surface area contributed by atoms with Crippen molar-refractivity contribution in [1.29, 1.82) is 0 Å². The summed E-state index contributed by atoms with van der Waals surface area (Å²) in [7, 11) is -4.18. The molecule has 1 rings (SSSR count). The standard InChI is InChI=1S/C7H8FNO3S/c8-7-3-1-6(2-4-7)5-9-13(10,11)12/h1-4,9H,5H2,(H,10,11,12). The van der Waals surface area contributed by atoms with E-state index in [2.05, 4.69) is 0 Å². The maximum absolute atomic E-state index is 12.4. The Morgan fingerprint density at radius 1 is 1.31 bits per heavy atom. The summed E-state index contributed by atoms with van der Waals surface area (Å²) in [5.74, 6) is -0.393. The molecule has 0 fully saturated rings. The van der Waals surface area contributed by atoms with E-state index in [9.17, 15) is 12.8 Å². The van der Waals surface area contributed by atoms with Gasteiger partial charge in [0.2, 0.25) is 0 Å². The molecule has 1 aromatic carbocycles. The summed E-state index contributed by atoms with van der Waals surface area (Å²) in [6, 6.07) is 5.27. The molecule has 2 N–H and O–H groups in total. The van der Waals surface area contributed by atoms with E-state index in [4.69, 9.17) is 4.55 Å². The van der Waals surface area contributed by atoms with E-state index in [0.29, 0.717) is 5.56 Å². The lowest BCUT2D eigenvalue weighted by atomic mass is 10.2. The zero-order valence-corrected chi connectivity index (χ0v) is 7.38. The van der Waals surface area contributed by atoms with Gasteiger partial charge in [-0.3, -0.25) is 4.55 Å². The molecule has 0 radical (unpaired) electrons. The SMILES string of the molecule is O=S(=O)(O)NCc1ccc(F)cc1. The highest BCUT2D eigenvalue weighted by Crippen LogP contribution is 2.02. The van der Waals surface area contributed by atoms with E-state index in [1.807, 2.05) is 4.72 Å². The normalized spacial score (nSPS) is 11.5. The molecule has 0 aromatic heterocycles. The van der Waals surface area contributed by atoms with Crippen LogP contribution in [0.4, 0.5) is 4.39 Å². The van der Waals surface area contributed by atoms with Gasteiger partial charge in [0.15, 0.2) is 0 Å². The van der Waals surface area contributed by atoms with Crippen LogP contribution in [0.5, 0.6) is 0 Å². The van der Waals surface area contributed by atoms with Crippen LogP contribution < -0.4 is 4.72 Å². The molecule has 0 saturated carbocycles. The molecule has 0 aliphatic rings. The van der Waals surface area contributed by atoms with Crippen molar-refractivity contribution in [2.24, 2.45) is 0 Å². The van der Waals surface area contributed by atoms with Crippen molar-refractivity contribution in [3.8, 4) is 0 Å².